The summed E-state index contributed by atoms with van der Waals surface area (Å²) in [4.78, 5) is 11.3. The Bertz CT molecular complexity index is 763. The van der Waals surface area contributed by atoms with Crippen LogP contribution < -0.4 is 0 Å². The second kappa shape index (κ2) is 6.50. The van der Waals surface area contributed by atoms with Crippen LogP contribution >= 0.6 is 11.3 Å². The number of sulfonamides is 1. The van der Waals surface area contributed by atoms with Crippen LogP contribution in [0, 0.1) is 0 Å². The van der Waals surface area contributed by atoms with Gasteiger partial charge in [0.15, 0.2) is 5.82 Å². The Balaban J connectivity index is 2.37. The SMILES string of the molecule is CCN(CC)S(=O)(=O)c1ccc(-c2nnnn2CC(=O)O)s1. The van der Waals surface area contributed by atoms with Crippen LogP contribution in [-0.2, 0) is 21.4 Å². The largest absolute Gasteiger partial charge is 0.480 e. The van der Waals surface area contributed by atoms with Gasteiger partial charge in [0.05, 0.1) is 4.88 Å². The Hall–Kier alpha value is -1.85. The number of hydrogen-bond acceptors (Lipinski definition) is 7. The van der Waals surface area contributed by atoms with Crippen molar-refractivity contribution in [2.45, 2.75) is 24.6 Å². The van der Waals surface area contributed by atoms with E-state index in [0.717, 1.165) is 16.0 Å². The van der Waals surface area contributed by atoms with E-state index in [1.54, 1.807) is 19.9 Å². The van der Waals surface area contributed by atoms with Gasteiger partial charge >= 0.3 is 5.97 Å². The third kappa shape index (κ3) is 3.15. The number of carbonyl (C=O) groups is 1. The first kappa shape index (κ1) is 16.5. The number of aromatic nitrogens is 4. The van der Waals surface area contributed by atoms with Crippen LogP contribution in [0.25, 0.3) is 10.7 Å². The molecule has 0 radical (unpaired) electrons. The van der Waals surface area contributed by atoms with E-state index in [1.807, 2.05) is 0 Å². The van der Waals surface area contributed by atoms with E-state index < -0.39 is 22.5 Å². The molecular formula is C11H15N5O4S2. The van der Waals surface area contributed by atoms with Crippen molar-refractivity contribution in [3.8, 4) is 10.7 Å². The minimum absolute atomic E-state index is 0.177. The molecule has 0 saturated carbocycles. The lowest BCUT2D eigenvalue weighted by molar-refractivity contribution is -0.137. The summed E-state index contributed by atoms with van der Waals surface area (Å²) < 4.78 is 27.5. The maximum atomic E-state index is 12.4. The van der Waals surface area contributed by atoms with Crippen LogP contribution in [0.3, 0.4) is 0 Å². The first-order valence-corrected chi connectivity index (χ1v) is 8.74. The highest BCUT2D eigenvalue weighted by Gasteiger charge is 2.25. The van der Waals surface area contributed by atoms with Crippen molar-refractivity contribution in [3.63, 3.8) is 0 Å². The van der Waals surface area contributed by atoms with Crippen molar-refractivity contribution in [1.82, 2.24) is 24.5 Å². The van der Waals surface area contributed by atoms with Crippen molar-refractivity contribution in [2.24, 2.45) is 0 Å². The van der Waals surface area contributed by atoms with Crippen LogP contribution in [-0.4, -0.2) is 57.1 Å². The molecule has 9 nitrogen and oxygen atoms in total. The standard InChI is InChI=1S/C11H15N5O4S2/c1-3-15(4-2)22(19,20)10-6-5-8(21-10)11-12-13-14-16(11)7-9(17)18/h5-6H,3-4,7H2,1-2H3,(H,17,18). The molecule has 0 aliphatic carbocycles. The number of rotatable bonds is 7. The molecule has 2 aromatic rings. The minimum Gasteiger partial charge on any atom is -0.480 e. The Kier molecular flexibility index (Phi) is 4.88. The molecule has 0 unspecified atom stereocenters. The quantitative estimate of drug-likeness (QED) is 0.777. The molecule has 0 saturated heterocycles. The number of tetrazole rings is 1. The Morgan fingerprint density at radius 1 is 1.36 bits per heavy atom. The average Bonchev–Trinajstić information content (AvgIpc) is 3.07. The van der Waals surface area contributed by atoms with E-state index >= 15 is 0 Å². The summed E-state index contributed by atoms with van der Waals surface area (Å²) in [5.41, 5.74) is 0. The zero-order chi connectivity index (χ0) is 16.3. The van der Waals surface area contributed by atoms with Crippen LogP contribution in [0.2, 0.25) is 0 Å². The van der Waals surface area contributed by atoms with E-state index in [-0.39, 0.29) is 10.0 Å². The summed E-state index contributed by atoms with van der Waals surface area (Å²) in [7, 11) is -3.55. The third-order valence-electron chi connectivity index (χ3n) is 2.92. The lowest BCUT2D eigenvalue weighted by atomic mass is 10.4. The fraction of sp³-hybridized carbons (Fsp3) is 0.455. The fourth-order valence-corrected chi connectivity index (χ4v) is 4.79. The monoisotopic (exact) mass is 345 g/mol. The first-order valence-electron chi connectivity index (χ1n) is 6.48. The van der Waals surface area contributed by atoms with Gasteiger partial charge in [-0.3, -0.25) is 4.79 Å². The summed E-state index contributed by atoms with van der Waals surface area (Å²) in [6.07, 6.45) is 0. The highest BCUT2D eigenvalue weighted by atomic mass is 32.2. The molecule has 0 aliphatic rings. The van der Waals surface area contributed by atoms with Crippen molar-refractivity contribution in [1.29, 1.82) is 0 Å². The third-order valence-corrected chi connectivity index (χ3v) is 6.52. The number of nitrogens with zero attached hydrogens (tertiary/aromatic N) is 5. The van der Waals surface area contributed by atoms with Crippen LogP contribution in [0.5, 0.6) is 0 Å². The number of hydrogen-bond donors (Lipinski definition) is 1. The number of carboxylic acid groups (broad SMARTS) is 1. The van der Waals surface area contributed by atoms with E-state index in [1.165, 1.54) is 10.4 Å². The summed E-state index contributed by atoms with van der Waals surface area (Å²) in [6.45, 7) is 3.90. The lowest BCUT2D eigenvalue weighted by Gasteiger charge is -2.16. The van der Waals surface area contributed by atoms with Gasteiger partial charge < -0.3 is 5.11 Å². The summed E-state index contributed by atoms with van der Waals surface area (Å²) in [5.74, 6) is -0.852. The van der Waals surface area contributed by atoms with Gasteiger partial charge in [-0.05, 0) is 22.6 Å². The number of carboxylic acids is 1. The predicted octanol–water partition coefficient (Wildman–Crippen LogP) is 0.517. The fourth-order valence-electron chi connectivity index (χ4n) is 1.89. The molecule has 120 valence electrons. The predicted molar refractivity (Wildman–Crippen MR) is 78.9 cm³/mol. The van der Waals surface area contributed by atoms with Gasteiger partial charge in [-0.15, -0.1) is 16.4 Å². The molecule has 0 spiro atoms. The van der Waals surface area contributed by atoms with E-state index in [4.69, 9.17) is 5.11 Å². The van der Waals surface area contributed by atoms with Crippen LogP contribution in [0.1, 0.15) is 13.8 Å². The highest BCUT2D eigenvalue weighted by molar-refractivity contribution is 7.91. The Morgan fingerprint density at radius 3 is 2.64 bits per heavy atom. The normalized spacial score (nSPS) is 12.0. The van der Waals surface area contributed by atoms with E-state index in [9.17, 15) is 13.2 Å². The molecule has 0 aliphatic heterocycles. The molecule has 2 aromatic heterocycles. The molecule has 0 aromatic carbocycles. The molecule has 0 fully saturated rings. The topological polar surface area (TPSA) is 118 Å². The van der Waals surface area contributed by atoms with Crippen molar-refractivity contribution in [3.05, 3.63) is 12.1 Å². The van der Waals surface area contributed by atoms with Crippen molar-refractivity contribution < 1.29 is 18.3 Å². The summed E-state index contributed by atoms with van der Waals surface area (Å²) >= 11 is 1.01. The van der Waals surface area contributed by atoms with E-state index in [2.05, 4.69) is 15.5 Å². The van der Waals surface area contributed by atoms with Gasteiger partial charge in [-0.1, -0.05) is 13.8 Å². The lowest BCUT2D eigenvalue weighted by Crippen LogP contribution is -2.29. The van der Waals surface area contributed by atoms with Crippen LogP contribution in [0.15, 0.2) is 16.3 Å². The zero-order valence-corrected chi connectivity index (χ0v) is 13.6. The molecule has 11 heteroatoms. The Labute approximate surface area is 131 Å². The Morgan fingerprint density at radius 2 is 2.05 bits per heavy atom. The molecule has 22 heavy (non-hydrogen) atoms. The number of aliphatic carboxylic acids is 1. The van der Waals surface area contributed by atoms with Gasteiger partial charge in [0, 0.05) is 13.1 Å². The smallest absolute Gasteiger partial charge is 0.325 e. The molecule has 1 N–H and O–H groups in total. The molecule has 0 bridgehead atoms. The molecule has 0 atom stereocenters. The zero-order valence-electron chi connectivity index (χ0n) is 12.0. The first-order chi connectivity index (χ1) is 10.4. The van der Waals surface area contributed by atoms with Gasteiger partial charge in [-0.2, -0.15) is 4.31 Å². The minimum atomic E-state index is -3.55. The van der Waals surface area contributed by atoms with Gasteiger partial charge in [0.2, 0.25) is 0 Å². The van der Waals surface area contributed by atoms with Crippen LogP contribution in [0.4, 0.5) is 0 Å². The van der Waals surface area contributed by atoms with Gasteiger partial charge in [-0.25, -0.2) is 13.1 Å². The van der Waals surface area contributed by atoms with Crippen molar-refractivity contribution >= 4 is 27.3 Å². The second-order valence-electron chi connectivity index (χ2n) is 4.26. The molecular weight excluding hydrogens is 330 g/mol. The second-order valence-corrected chi connectivity index (χ2v) is 7.51. The highest BCUT2D eigenvalue weighted by Crippen LogP contribution is 2.30. The molecule has 0 amide bonds. The maximum Gasteiger partial charge on any atom is 0.325 e. The number of thiophene rings is 1. The average molecular weight is 345 g/mol. The van der Waals surface area contributed by atoms with Gasteiger partial charge in [0.25, 0.3) is 10.0 Å². The van der Waals surface area contributed by atoms with E-state index in [0.29, 0.717) is 18.0 Å². The summed E-state index contributed by atoms with van der Waals surface area (Å²) in [6, 6.07) is 3.05. The molecule has 2 rings (SSSR count). The maximum absolute atomic E-state index is 12.4. The van der Waals surface area contributed by atoms with Crippen molar-refractivity contribution in [2.75, 3.05) is 13.1 Å². The summed E-state index contributed by atoms with van der Waals surface area (Å²) in [5, 5.41) is 19.6. The molecule has 2 heterocycles. The van der Waals surface area contributed by atoms with Gasteiger partial charge in [0.1, 0.15) is 10.8 Å².